The van der Waals surface area contributed by atoms with Gasteiger partial charge in [-0.15, -0.1) is 0 Å². The molecule has 0 aromatic heterocycles. The summed E-state index contributed by atoms with van der Waals surface area (Å²) >= 11 is 1.63. The number of carboxylic acids is 1. The van der Waals surface area contributed by atoms with E-state index in [1.54, 1.807) is 24.8 Å². The van der Waals surface area contributed by atoms with Crippen LogP contribution in [0.1, 0.15) is 27.9 Å². The van der Waals surface area contributed by atoms with E-state index in [2.05, 4.69) is 5.32 Å². The fourth-order valence-electron chi connectivity index (χ4n) is 1.76. The second-order valence-corrected chi connectivity index (χ2v) is 5.63. The molecule has 0 unspecified atom stereocenters. The Morgan fingerprint density at radius 1 is 1.40 bits per heavy atom. The topological polar surface area (TPSA) is 92.4 Å². The fourth-order valence-corrected chi connectivity index (χ4v) is 2.25. The number of hydrogen-bond donors (Lipinski definition) is 3. The lowest BCUT2D eigenvalue weighted by atomic mass is 10.0. The molecule has 1 aromatic carbocycles. The molecule has 0 aliphatic heterocycles. The number of nitrogens with one attached hydrogen (secondary N) is 1. The van der Waals surface area contributed by atoms with Crippen LogP contribution in [-0.4, -0.2) is 35.0 Å². The lowest BCUT2D eigenvalue weighted by Gasteiger charge is -2.14. The van der Waals surface area contributed by atoms with Crippen LogP contribution in [0, 0.1) is 13.8 Å². The zero-order valence-electron chi connectivity index (χ0n) is 11.9. The molecular weight excluding hydrogens is 276 g/mol. The van der Waals surface area contributed by atoms with Crippen molar-refractivity contribution in [2.45, 2.75) is 26.3 Å². The second kappa shape index (κ2) is 7.31. The van der Waals surface area contributed by atoms with Crippen LogP contribution in [0.25, 0.3) is 0 Å². The minimum Gasteiger partial charge on any atom is -0.478 e. The monoisotopic (exact) mass is 296 g/mol. The van der Waals surface area contributed by atoms with Gasteiger partial charge in [0.1, 0.15) is 0 Å². The third-order valence-electron chi connectivity index (χ3n) is 3.14. The van der Waals surface area contributed by atoms with Gasteiger partial charge in [-0.3, -0.25) is 4.79 Å². The normalized spacial score (nSPS) is 12.0. The van der Waals surface area contributed by atoms with Crippen LogP contribution in [0.3, 0.4) is 0 Å². The van der Waals surface area contributed by atoms with E-state index in [0.717, 1.165) is 11.3 Å². The molecule has 0 aliphatic rings. The van der Waals surface area contributed by atoms with Crippen LogP contribution >= 0.6 is 11.8 Å². The molecule has 0 heterocycles. The van der Waals surface area contributed by atoms with Gasteiger partial charge in [0.2, 0.25) is 5.91 Å². The summed E-state index contributed by atoms with van der Waals surface area (Å²) in [5, 5.41) is 11.8. The summed E-state index contributed by atoms with van der Waals surface area (Å²) in [5.41, 5.74) is 7.95. The molecule has 0 spiro atoms. The van der Waals surface area contributed by atoms with Gasteiger partial charge in [0.15, 0.2) is 0 Å². The average Bonchev–Trinajstić information content (AvgIpc) is 2.39. The van der Waals surface area contributed by atoms with Crippen LogP contribution in [0.5, 0.6) is 0 Å². The summed E-state index contributed by atoms with van der Waals surface area (Å²) in [5.74, 6) is -0.492. The van der Waals surface area contributed by atoms with Crippen LogP contribution in [0.15, 0.2) is 12.1 Å². The predicted octanol–water partition coefficient (Wildman–Crippen LogP) is 2.02. The van der Waals surface area contributed by atoms with Gasteiger partial charge in [0, 0.05) is 5.69 Å². The zero-order chi connectivity index (χ0) is 15.3. The Kier molecular flexibility index (Phi) is 6.04. The Hall–Kier alpha value is -1.53. The number of carbonyl (C=O) groups is 2. The van der Waals surface area contributed by atoms with Crippen molar-refractivity contribution in [3.8, 4) is 0 Å². The first kappa shape index (κ1) is 16.5. The van der Waals surface area contributed by atoms with E-state index < -0.39 is 12.0 Å². The molecular formula is C14H20N2O3S. The lowest BCUT2D eigenvalue weighted by molar-refractivity contribution is -0.117. The molecule has 0 aliphatic carbocycles. The highest BCUT2D eigenvalue weighted by molar-refractivity contribution is 7.98. The Balaban J connectivity index is 2.88. The van der Waals surface area contributed by atoms with Crippen molar-refractivity contribution in [3.63, 3.8) is 0 Å². The first-order valence-corrected chi connectivity index (χ1v) is 7.66. The number of aryl methyl sites for hydroxylation is 1. The van der Waals surface area contributed by atoms with Crippen LogP contribution in [0.2, 0.25) is 0 Å². The largest absolute Gasteiger partial charge is 0.478 e. The summed E-state index contributed by atoms with van der Waals surface area (Å²) in [6.07, 6.45) is 2.54. The van der Waals surface area contributed by atoms with Crippen molar-refractivity contribution >= 4 is 29.3 Å². The SMILES string of the molecule is CSCC[C@H](N)C(=O)Nc1cc(C)c(C)c(C(=O)O)c1. The maximum Gasteiger partial charge on any atom is 0.336 e. The van der Waals surface area contributed by atoms with Gasteiger partial charge < -0.3 is 16.2 Å². The maximum absolute atomic E-state index is 11.9. The highest BCUT2D eigenvalue weighted by atomic mass is 32.2. The van der Waals surface area contributed by atoms with Gasteiger partial charge in [-0.25, -0.2) is 4.79 Å². The standard InChI is InChI=1S/C14H20N2O3S/c1-8-6-10(7-11(9(8)2)14(18)19)16-13(17)12(15)4-5-20-3/h6-7,12H,4-5,15H2,1-3H3,(H,16,17)(H,18,19)/t12-/m0/s1. The minimum absolute atomic E-state index is 0.193. The molecule has 0 saturated heterocycles. The molecule has 4 N–H and O–H groups in total. The number of aromatic carboxylic acids is 1. The molecule has 1 aromatic rings. The molecule has 0 radical (unpaired) electrons. The number of carbonyl (C=O) groups excluding carboxylic acids is 1. The Labute approximate surface area is 122 Å². The number of amides is 1. The second-order valence-electron chi connectivity index (χ2n) is 4.65. The van der Waals surface area contributed by atoms with Gasteiger partial charge in [0.25, 0.3) is 0 Å². The molecule has 0 bridgehead atoms. The number of carboxylic acid groups (broad SMARTS) is 1. The van der Waals surface area contributed by atoms with Crippen molar-refractivity contribution < 1.29 is 14.7 Å². The molecule has 1 amide bonds. The summed E-state index contributed by atoms with van der Waals surface area (Å²) in [6.45, 7) is 3.56. The van der Waals surface area contributed by atoms with Gasteiger partial charge in [-0.05, 0) is 55.5 Å². The van der Waals surface area contributed by atoms with E-state index >= 15 is 0 Å². The van der Waals surface area contributed by atoms with E-state index in [-0.39, 0.29) is 11.5 Å². The molecule has 1 atom stereocenters. The molecule has 0 fully saturated rings. The average molecular weight is 296 g/mol. The highest BCUT2D eigenvalue weighted by Crippen LogP contribution is 2.20. The third kappa shape index (κ3) is 4.25. The van der Waals surface area contributed by atoms with Gasteiger partial charge in [-0.2, -0.15) is 11.8 Å². The van der Waals surface area contributed by atoms with Crippen molar-refractivity contribution in [1.82, 2.24) is 0 Å². The van der Waals surface area contributed by atoms with E-state index in [4.69, 9.17) is 10.8 Å². The number of hydrogen-bond acceptors (Lipinski definition) is 4. The summed E-state index contributed by atoms with van der Waals surface area (Å²) in [6, 6.07) is 2.63. The first-order chi connectivity index (χ1) is 9.36. The Bertz CT molecular complexity index is 517. The molecule has 110 valence electrons. The van der Waals surface area contributed by atoms with Gasteiger partial charge in [0.05, 0.1) is 11.6 Å². The van der Waals surface area contributed by atoms with E-state index in [1.165, 1.54) is 6.07 Å². The van der Waals surface area contributed by atoms with E-state index in [9.17, 15) is 9.59 Å². The summed E-state index contributed by atoms with van der Waals surface area (Å²) in [4.78, 5) is 23.0. The maximum atomic E-state index is 11.9. The summed E-state index contributed by atoms with van der Waals surface area (Å²) < 4.78 is 0. The first-order valence-electron chi connectivity index (χ1n) is 6.26. The molecule has 0 saturated carbocycles. The highest BCUT2D eigenvalue weighted by Gasteiger charge is 2.16. The van der Waals surface area contributed by atoms with Crippen LogP contribution in [-0.2, 0) is 4.79 Å². The van der Waals surface area contributed by atoms with Crippen LogP contribution in [0.4, 0.5) is 5.69 Å². The predicted molar refractivity (Wildman–Crippen MR) is 82.5 cm³/mol. The number of anilines is 1. The smallest absolute Gasteiger partial charge is 0.336 e. The van der Waals surface area contributed by atoms with Crippen molar-refractivity contribution in [2.24, 2.45) is 5.73 Å². The van der Waals surface area contributed by atoms with E-state index in [1.807, 2.05) is 13.2 Å². The van der Waals surface area contributed by atoms with Crippen molar-refractivity contribution in [1.29, 1.82) is 0 Å². The van der Waals surface area contributed by atoms with Crippen molar-refractivity contribution in [3.05, 3.63) is 28.8 Å². The van der Waals surface area contributed by atoms with E-state index in [0.29, 0.717) is 17.7 Å². The van der Waals surface area contributed by atoms with Crippen LogP contribution < -0.4 is 11.1 Å². The number of rotatable bonds is 6. The Morgan fingerprint density at radius 3 is 2.60 bits per heavy atom. The van der Waals surface area contributed by atoms with Gasteiger partial charge >= 0.3 is 5.97 Å². The van der Waals surface area contributed by atoms with Gasteiger partial charge in [-0.1, -0.05) is 0 Å². The fraction of sp³-hybridized carbons (Fsp3) is 0.429. The third-order valence-corrected chi connectivity index (χ3v) is 3.78. The molecule has 6 heteroatoms. The quantitative estimate of drug-likeness (QED) is 0.747. The molecule has 1 rings (SSSR count). The molecule has 20 heavy (non-hydrogen) atoms. The Morgan fingerprint density at radius 2 is 2.05 bits per heavy atom. The number of thioether (sulfide) groups is 1. The number of nitrogens with two attached hydrogens (primary N) is 1. The number of benzene rings is 1. The summed E-state index contributed by atoms with van der Waals surface area (Å²) in [7, 11) is 0. The molecule has 5 nitrogen and oxygen atoms in total. The van der Waals surface area contributed by atoms with Crippen molar-refractivity contribution in [2.75, 3.05) is 17.3 Å². The zero-order valence-corrected chi connectivity index (χ0v) is 12.7. The lowest BCUT2D eigenvalue weighted by Crippen LogP contribution is -2.36. The minimum atomic E-state index is -1.01.